The second kappa shape index (κ2) is 6.48. The lowest BCUT2D eigenvalue weighted by Crippen LogP contribution is -2.35. The van der Waals surface area contributed by atoms with E-state index in [0.717, 1.165) is 32.4 Å². The molecule has 6 nitrogen and oxygen atoms in total. The van der Waals surface area contributed by atoms with Gasteiger partial charge in [-0.15, -0.1) is 0 Å². The van der Waals surface area contributed by atoms with Crippen LogP contribution in [0.5, 0.6) is 0 Å². The van der Waals surface area contributed by atoms with E-state index >= 15 is 0 Å². The van der Waals surface area contributed by atoms with Gasteiger partial charge in [0.2, 0.25) is 0 Å². The highest BCUT2D eigenvalue weighted by Gasteiger charge is 2.38. The molecule has 0 N–H and O–H groups in total. The molecule has 1 unspecified atom stereocenters. The average Bonchev–Trinajstić information content (AvgIpc) is 2.96. The smallest absolute Gasteiger partial charge is 0.253 e. The molecule has 1 atom stereocenters. The van der Waals surface area contributed by atoms with Gasteiger partial charge < -0.3 is 4.90 Å². The Balaban J connectivity index is 1.77. The first-order valence-electron chi connectivity index (χ1n) is 8.13. The first kappa shape index (κ1) is 17.4. The first-order chi connectivity index (χ1) is 11.3. The molecule has 2 saturated heterocycles. The van der Waals surface area contributed by atoms with Gasteiger partial charge >= 0.3 is 0 Å². The maximum atomic E-state index is 12.5. The highest BCUT2D eigenvalue weighted by Crippen LogP contribution is 2.26. The Morgan fingerprint density at radius 2 is 1.67 bits per heavy atom. The van der Waals surface area contributed by atoms with Gasteiger partial charge in [0, 0.05) is 18.7 Å². The number of hydrogen-bond acceptors (Lipinski definition) is 5. The van der Waals surface area contributed by atoms with Gasteiger partial charge in [-0.1, -0.05) is 0 Å². The van der Waals surface area contributed by atoms with Crippen LogP contribution in [0.4, 0.5) is 0 Å². The van der Waals surface area contributed by atoms with Gasteiger partial charge in [-0.3, -0.25) is 4.79 Å². The third-order valence-electron chi connectivity index (χ3n) is 4.70. The molecule has 132 valence electrons. The Labute approximate surface area is 142 Å². The molecule has 1 aromatic rings. The minimum atomic E-state index is -3.68. The van der Waals surface area contributed by atoms with Crippen molar-refractivity contribution >= 4 is 25.6 Å². The van der Waals surface area contributed by atoms with Crippen LogP contribution in [-0.2, 0) is 19.7 Å². The number of sulfone groups is 2. The standard InChI is InChI=1S/C16H21NO5S2/c18-16(17-9-2-1-3-10-17)13-4-6-14(7-5-13)24(21,22)15-8-11-23(19,20)12-15/h4-7,15H,1-3,8-12H2. The highest BCUT2D eigenvalue weighted by atomic mass is 32.2. The summed E-state index contributed by atoms with van der Waals surface area (Å²) < 4.78 is 48.1. The number of hydrogen-bond donors (Lipinski definition) is 0. The lowest BCUT2D eigenvalue weighted by molar-refractivity contribution is 0.0724. The maximum absolute atomic E-state index is 12.5. The number of nitrogens with zero attached hydrogens (tertiary/aromatic N) is 1. The van der Waals surface area contributed by atoms with E-state index in [0.29, 0.717) is 5.56 Å². The van der Waals surface area contributed by atoms with Crippen LogP contribution in [0.2, 0.25) is 0 Å². The summed E-state index contributed by atoms with van der Waals surface area (Å²) in [6.07, 6.45) is 3.26. The molecule has 1 amide bonds. The molecule has 0 aliphatic carbocycles. The van der Waals surface area contributed by atoms with Gasteiger partial charge in [0.05, 0.1) is 21.7 Å². The highest BCUT2D eigenvalue weighted by molar-refractivity contribution is 7.96. The lowest BCUT2D eigenvalue weighted by Gasteiger charge is -2.26. The minimum absolute atomic E-state index is 0.0809. The summed E-state index contributed by atoms with van der Waals surface area (Å²) in [5.41, 5.74) is 0.467. The van der Waals surface area contributed by atoms with Crippen molar-refractivity contribution in [1.82, 2.24) is 4.90 Å². The van der Waals surface area contributed by atoms with Crippen molar-refractivity contribution in [2.75, 3.05) is 24.6 Å². The van der Waals surface area contributed by atoms with E-state index < -0.39 is 24.9 Å². The quantitative estimate of drug-likeness (QED) is 0.798. The van der Waals surface area contributed by atoms with Gasteiger partial charge in [0.15, 0.2) is 19.7 Å². The van der Waals surface area contributed by atoms with Gasteiger partial charge in [-0.2, -0.15) is 0 Å². The maximum Gasteiger partial charge on any atom is 0.253 e. The van der Waals surface area contributed by atoms with E-state index in [-0.39, 0.29) is 28.7 Å². The van der Waals surface area contributed by atoms with E-state index in [1.165, 1.54) is 24.3 Å². The molecule has 8 heteroatoms. The molecule has 2 aliphatic heterocycles. The average molecular weight is 371 g/mol. The minimum Gasteiger partial charge on any atom is -0.339 e. The number of carbonyl (C=O) groups excluding carboxylic acids is 1. The molecule has 0 spiro atoms. The van der Waals surface area contributed by atoms with E-state index in [1.54, 1.807) is 4.90 Å². The Hall–Kier alpha value is -1.41. The van der Waals surface area contributed by atoms with Gasteiger partial charge in [-0.05, 0) is 49.9 Å². The number of amides is 1. The van der Waals surface area contributed by atoms with E-state index in [9.17, 15) is 21.6 Å². The molecule has 3 rings (SSSR count). The van der Waals surface area contributed by atoms with Crippen LogP contribution < -0.4 is 0 Å². The molecule has 0 radical (unpaired) electrons. The summed E-state index contributed by atoms with van der Waals surface area (Å²) in [5, 5.41) is -0.883. The zero-order valence-electron chi connectivity index (χ0n) is 13.3. The zero-order chi connectivity index (χ0) is 17.4. The van der Waals surface area contributed by atoms with Crippen LogP contribution in [0.3, 0.4) is 0 Å². The van der Waals surface area contributed by atoms with Crippen LogP contribution in [0.25, 0.3) is 0 Å². The van der Waals surface area contributed by atoms with E-state index in [2.05, 4.69) is 0 Å². The van der Waals surface area contributed by atoms with Crippen molar-refractivity contribution in [3.05, 3.63) is 29.8 Å². The molecule has 1 aromatic carbocycles. The third-order valence-corrected chi connectivity index (χ3v) is 8.89. The molecule has 2 aliphatic rings. The Morgan fingerprint density at radius 1 is 1.04 bits per heavy atom. The Kier molecular flexibility index (Phi) is 4.70. The SMILES string of the molecule is O=C(c1ccc(S(=O)(=O)C2CCS(=O)(=O)C2)cc1)N1CCCCC1. The van der Waals surface area contributed by atoms with Crippen molar-refractivity contribution in [3.8, 4) is 0 Å². The fourth-order valence-corrected chi connectivity index (χ4v) is 7.62. The third kappa shape index (κ3) is 3.49. The fourth-order valence-electron chi connectivity index (χ4n) is 3.26. The van der Waals surface area contributed by atoms with Crippen LogP contribution in [-0.4, -0.2) is 57.5 Å². The fraction of sp³-hybridized carbons (Fsp3) is 0.562. The number of rotatable bonds is 3. The summed E-state index contributed by atoms with van der Waals surface area (Å²) in [6.45, 7) is 1.47. The van der Waals surface area contributed by atoms with Crippen molar-refractivity contribution in [3.63, 3.8) is 0 Å². The zero-order valence-corrected chi connectivity index (χ0v) is 15.0. The molecular weight excluding hydrogens is 350 g/mol. The number of piperidine rings is 1. The van der Waals surface area contributed by atoms with Crippen molar-refractivity contribution < 1.29 is 21.6 Å². The first-order valence-corrected chi connectivity index (χ1v) is 11.5. The second-order valence-electron chi connectivity index (χ2n) is 6.45. The van der Waals surface area contributed by atoms with Gasteiger partial charge in [-0.25, -0.2) is 16.8 Å². The van der Waals surface area contributed by atoms with Gasteiger partial charge in [0.25, 0.3) is 5.91 Å². The summed E-state index contributed by atoms with van der Waals surface area (Å²) in [6, 6.07) is 5.87. The normalized spacial score (nSPS) is 24.0. The molecule has 0 aromatic heterocycles. The number of likely N-dealkylation sites (tertiary alicyclic amines) is 1. The predicted octanol–water partition coefficient (Wildman–Crippen LogP) is 1.27. The summed E-state index contributed by atoms with van der Waals surface area (Å²) in [7, 11) is -6.94. The van der Waals surface area contributed by atoms with E-state index in [1.807, 2.05) is 0 Å². The van der Waals surface area contributed by atoms with Crippen LogP contribution in [0.1, 0.15) is 36.0 Å². The Bertz CT molecular complexity index is 822. The molecule has 24 heavy (non-hydrogen) atoms. The van der Waals surface area contributed by atoms with Crippen LogP contribution in [0.15, 0.2) is 29.2 Å². The van der Waals surface area contributed by atoms with E-state index in [4.69, 9.17) is 0 Å². The lowest BCUT2D eigenvalue weighted by atomic mass is 10.1. The molecular formula is C16H21NO5S2. The predicted molar refractivity (Wildman–Crippen MR) is 90.4 cm³/mol. The molecule has 0 saturated carbocycles. The molecule has 2 fully saturated rings. The summed E-state index contributed by atoms with van der Waals surface area (Å²) >= 11 is 0. The molecule has 0 bridgehead atoms. The largest absolute Gasteiger partial charge is 0.339 e. The van der Waals surface area contributed by atoms with Crippen molar-refractivity contribution in [1.29, 1.82) is 0 Å². The van der Waals surface area contributed by atoms with Crippen molar-refractivity contribution in [2.45, 2.75) is 35.8 Å². The monoisotopic (exact) mass is 371 g/mol. The molecule has 2 heterocycles. The van der Waals surface area contributed by atoms with Crippen LogP contribution in [0, 0.1) is 0 Å². The second-order valence-corrected chi connectivity index (χ2v) is 10.9. The summed E-state index contributed by atoms with van der Waals surface area (Å²) in [5.74, 6) is -0.478. The number of carbonyl (C=O) groups is 1. The number of benzene rings is 1. The Morgan fingerprint density at radius 3 is 2.21 bits per heavy atom. The van der Waals surface area contributed by atoms with Gasteiger partial charge in [0.1, 0.15) is 0 Å². The topological polar surface area (TPSA) is 88.6 Å². The summed E-state index contributed by atoms with van der Waals surface area (Å²) in [4.78, 5) is 14.3. The van der Waals surface area contributed by atoms with Crippen LogP contribution >= 0.6 is 0 Å². The van der Waals surface area contributed by atoms with Crippen molar-refractivity contribution in [2.24, 2.45) is 0 Å².